The average molecular weight is 294 g/mol. The number of ether oxygens (including phenoxy) is 1. The number of hydrogen-bond donors (Lipinski definition) is 0. The summed E-state index contributed by atoms with van der Waals surface area (Å²) in [5.41, 5.74) is 0.243. The van der Waals surface area contributed by atoms with Gasteiger partial charge in [0.1, 0.15) is 12.1 Å². The summed E-state index contributed by atoms with van der Waals surface area (Å²) >= 11 is 0. The van der Waals surface area contributed by atoms with Crippen molar-refractivity contribution in [3.63, 3.8) is 0 Å². The maximum absolute atomic E-state index is 12.5. The van der Waals surface area contributed by atoms with Crippen molar-refractivity contribution in [3.05, 3.63) is 39.4 Å². The lowest BCUT2D eigenvalue weighted by Gasteiger charge is -2.20. The number of esters is 1. The molecule has 0 atom stereocenters. The largest absolute Gasteiger partial charge is 0.465 e. The zero-order chi connectivity index (χ0) is 16.0. The second-order valence-electron chi connectivity index (χ2n) is 4.35. The Labute approximate surface area is 122 Å². The van der Waals surface area contributed by atoms with E-state index in [9.17, 15) is 19.7 Å². The molecule has 0 spiro atoms. The number of likely N-dealkylation sites (N-methyl/N-ethyl adjacent to an activating group) is 1. The smallest absolute Gasteiger partial charge is 0.325 e. The van der Waals surface area contributed by atoms with Crippen LogP contribution in [0.3, 0.4) is 0 Å². The Kier molecular flexibility index (Phi) is 5.83. The van der Waals surface area contributed by atoms with Gasteiger partial charge in [-0.15, -0.1) is 0 Å². The molecule has 0 aliphatic carbocycles. The van der Waals surface area contributed by atoms with Gasteiger partial charge < -0.3 is 9.64 Å². The molecule has 1 amide bonds. The van der Waals surface area contributed by atoms with E-state index in [0.717, 1.165) is 0 Å². The highest BCUT2D eigenvalue weighted by Crippen LogP contribution is 2.23. The van der Waals surface area contributed by atoms with E-state index in [-0.39, 0.29) is 30.9 Å². The van der Waals surface area contributed by atoms with Crippen LogP contribution in [0.25, 0.3) is 0 Å². The third kappa shape index (κ3) is 4.01. The number of carbonyl (C=O) groups excluding carboxylic acids is 2. The summed E-state index contributed by atoms with van der Waals surface area (Å²) in [6.45, 7) is 5.23. The van der Waals surface area contributed by atoms with Crippen molar-refractivity contribution in [2.75, 3.05) is 19.7 Å². The highest BCUT2D eigenvalue weighted by Gasteiger charge is 2.27. The standard InChI is InChI=1S/C14H18N2O5/c1-4-15(9-12(17)21-5-2)14(18)13-10(3)7-6-8-11(13)16(19)20/h6-8H,4-5,9H2,1-3H3. The van der Waals surface area contributed by atoms with Gasteiger partial charge in [0.05, 0.1) is 11.5 Å². The van der Waals surface area contributed by atoms with E-state index < -0.39 is 16.8 Å². The summed E-state index contributed by atoms with van der Waals surface area (Å²) in [6.07, 6.45) is 0. The third-order valence-electron chi connectivity index (χ3n) is 2.96. The number of carbonyl (C=O) groups is 2. The Hall–Kier alpha value is -2.44. The number of hydrogen-bond acceptors (Lipinski definition) is 5. The molecule has 1 aromatic carbocycles. The maximum atomic E-state index is 12.5. The van der Waals surface area contributed by atoms with Crippen LogP contribution in [-0.4, -0.2) is 41.4 Å². The fourth-order valence-corrected chi connectivity index (χ4v) is 1.93. The minimum atomic E-state index is -0.599. The summed E-state index contributed by atoms with van der Waals surface area (Å²) in [5.74, 6) is -1.08. The summed E-state index contributed by atoms with van der Waals surface area (Å²) in [6, 6.07) is 4.42. The van der Waals surface area contributed by atoms with E-state index in [4.69, 9.17) is 4.74 Å². The number of benzene rings is 1. The Morgan fingerprint density at radius 1 is 1.33 bits per heavy atom. The van der Waals surface area contributed by atoms with Gasteiger partial charge in [0.15, 0.2) is 0 Å². The summed E-state index contributed by atoms with van der Waals surface area (Å²) in [5, 5.41) is 11.1. The maximum Gasteiger partial charge on any atom is 0.325 e. The lowest BCUT2D eigenvalue weighted by Crippen LogP contribution is -2.37. The summed E-state index contributed by atoms with van der Waals surface area (Å²) in [7, 11) is 0. The van der Waals surface area contributed by atoms with E-state index in [1.165, 1.54) is 17.0 Å². The van der Waals surface area contributed by atoms with Gasteiger partial charge in [0, 0.05) is 12.6 Å². The third-order valence-corrected chi connectivity index (χ3v) is 2.96. The molecule has 0 aromatic heterocycles. The number of nitrogens with zero attached hydrogens (tertiary/aromatic N) is 2. The Morgan fingerprint density at radius 3 is 2.52 bits per heavy atom. The Morgan fingerprint density at radius 2 is 2.00 bits per heavy atom. The fourth-order valence-electron chi connectivity index (χ4n) is 1.93. The lowest BCUT2D eigenvalue weighted by atomic mass is 10.1. The van der Waals surface area contributed by atoms with Gasteiger partial charge in [0.25, 0.3) is 11.6 Å². The summed E-state index contributed by atoms with van der Waals surface area (Å²) < 4.78 is 4.80. The highest BCUT2D eigenvalue weighted by atomic mass is 16.6. The van der Waals surface area contributed by atoms with Crippen molar-refractivity contribution in [1.82, 2.24) is 4.90 Å². The molecule has 1 rings (SSSR count). The Bertz CT molecular complexity index is 556. The van der Waals surface area contributed by atoms with Crippen LogP contribution in [0.5, 0.6) is 0 Å². The van der Waals surface area contributed by atoms with Gasteiger partial charge >= 0.3 is 5.97 Å². The van der Waals surface area contributed by atoms with E-state index in [0.29, 0.717) is 5.56 Å². The quantitative estimate of drug-likeness (QED) is 0.454. The fraction of sp³-hybridized carbons (Fsp3) is 0.429. The SMILES string of the molecule is CCOC(=O)CN(CC)C(=O)c1c(C)cccc1[N+](=O)[O-]. The van der Waals surface area contributed by atoms with Crippen LogP contribution < -0.4 is 0 Å². The molecule has 0 aliphatic rings. The molecule has 0 radical (unpaired) electrons. The monoisotopic (exact) mass is 294 g/mol. The minimum Gasteiger partial charge on any atom is -0.465 e. The number of rotatable bonds is 6. The van der Waals surface area contributed by atoms with Crippen molar-refractivity contribution in [3.8, 4) is 0 Å². The van der Waals surface area contributed by atoms with Gasteiger partial charge in [-0.25, -0.2) is 0 Å². The number of nitro groups is 1. The minimum absolute atomic E-state index is 0.00801. The predicted molar refractivity (Wildman–Crippen MR) is 76.0 cm³/mol. The van der Waals surface area contributed by atoms with Crippen molar-refractivity contribution >= 4 is 17.6 Å². The van der Waals surface area contributed by atoms with E-state index in [1.807, 2.05) is 0 Å². The van der Waals surface area contributed by atoms with Crippen molar-refractivity contribution in [2.45, 2.75) is 20.8 Å². The first-order chi connectivity index (χ1) is 9.92. The van der Waals surface area contributed by atoms with Gasteiger partial charge in [-0.05, 0) is 26.3 Å². The van der Waals surface area contributed by atoms with Crippen LogP contribution in [0, 0.1) is 17.0 Å². The first kappa shape index (κ1) is 16.6. The van der Waals surface area contributed by atoms with E-state index in [1.54, 1.807) is 26.8 Å². The van der Waals surface area contributed by atoms with Crippen molar-refractivity contribution < 1.29 is 19.2 Å². The second kappa shape index (κ2) is 7.37. The van der Waals surface area contributed by atoms with Gasteiger partial charge in [-0.3, -0.25) is 19.7 Å². The molecule has 0 unspecified atom stereocenters. The van der Waals surface area contributed by atoms with Crippen LogP contribution in [0.15, 0.2) is 18.2 Å². The molecule has 0 heterocycles. The number of amides is 1. The molecule has 0 fully saturated rings. The first-order valence-corrected chi connectivity index (χ1v) is 6.61. The molecule has 7 heteroatoms. The molecular formula is C14H18N2O5. The molecule has 7 nitrogen and oxygen atoms in total. The van der Waals surface area contributed by atoms with E-state index in [2.05, 4.69) is 0 Å². The number of nitro benzene ring substituents is 1. The molecule has 0 bridgehead atoms. The molecule has 0 saturated carbocycles. The first-order valence-electron chi connectivity index (χ1n) is 6.61. The molecule has 0 aliphatic heterocycles. The Balaban J connectivity index is 3.11. The predicted octanol–water partition coefficient (Wildman–Crippen LogP) is 1.93. The zero-order valence-electron chi connectivity index (χ0n) is 12.3. The molecule has 114 valence electrons. The average Bonchev–Trinajstić information content (AvgIpc) is 2.44. The molecule has 0 N–H and O–H groups in total. The summed E-state index contributed by atoms with van der Waals surface area (Å²) in [4.78, 5) is 35.7. The van der Waals surface area contributed by atoms with Gasteiger partial charge in [0.2, 0.25) is 0 Å². The molecule has 1 aromatic rings. The topological polar surface area (TPSA) is 89.8 Å². The normalized spacial score (nSPS) is 10.0. The van der Waals surface area contributed by atoms with Crippen LogP contribution in [0.2, 0.25) is 0 Å². The van der Waals surface area contributed by atoms with E-state index >= 15 is 0 Å². The van der Waals surface area contributed by atoms with Crippen LogP contribution >= 0.6 is 0 Å². The van der Waals surface area contributed by atoms with Crippen molar-refractivity contribution in [2.24, 2.45) is 0 Å². The highest BCUT2D eigenvalue weighted by molar-refractivity contribution is 6.00. The van der Waals surface area contributed by atoms with Gasteiger partial charge in [-0.2, -0.15) is 0 Å². The molecular weight excluding hydrogens is 276 g/mol. The van der Waals surface area contributed by atoms with Crippen LogP contribution in [0.4, 0.5) is 5.69 Å². The molecule has 0 saturated heterocycles. The van der Waals surface area contributed by atoms with Crippen LogP contribution in [0.1, 0.15) is 29.8 Å². The second-order valence-corrected chi connectivity index (χ2v) is 4.35. The van der Waals surface area contributed by atoms with Crippen molar-refractivity contribution in [1.29, 1.82) is 0 Å². The van der Waals surface area contributed by atoms with Crippen LogP contribution in [-0.2, 0) is 9.53 Å². The zero-order valence-corrected chi connectivity index (χ0v) is 12.3. The number of aryl methyl sites for hydroxylation is 1. The molecule has 21 heavy (non-hydrogen) atoms. The lowest BCUT2D eigenvalue weighted by molar-refractivity contribution is -0.385. The van der Waals surface area contributed by atoms with Gasteiger partial charge in [-0.1, -0.05) is 12.1 Å².